The SMILES string of the molecule is CCN(Cc1ccccc1)C(=O)NCCOc1ccc(C)cc1C. The zero-order valence-corrected chi connectivity index (χ0v) is 14.7. The minimum atomic E-state index is -0.0643. The van der Waals surface area contributed by atoms with Crippen molar-refractivity contribution < 1.29 is 9.53 Å². The summed E-state index contributed by atoms with van der Waals surface area (Å²) in [5, 5.41) is 2.92. The molecule has 2 aromatic rings. The zero-order valence-electron chi connectivity index (χ0n) is 14.7. The van der Waals surface area contributed by atoms with E-state index < -0.39 is 0 Å². The van der Waals surface area contributed by atoms with Gasteiger partial charge in [-0.25, -0.2) is 4.79 Å². The summed E-state index contributed by atoms with van der Waals surface area (Å²) < 4.78 is 5.74. The number of urea groups is 1. The van der Waals surface area contributed by atoms with E-state index in [1.165, 1.54) is 5.56 Å². The lowest BCUT2D eigenvalue weighted by molar-refractivity contribution is 0.195. The molecule has 0 aliphatic heterocycles. The van der Waals surface area contributed by atoms with Crippen molar-refractivity contribution in [3.63, 3.8) is 0 Å². The van der Waals surface area contributed by atoms with Gasteiger partial charge in [0.2, 0.25) is 0 Å². The highest BCUT2D eigenvalue weighted by Gasteiger charge is 2.11. The number of aryl methyl sites for hydroxylation is 2. The normalized spacial score (nSPS) is 10.3. The molecule has 0 bridgehead atoms. The Morgan fingerprint density at radius 2 is 1.88 bits per heavy atom. The molecule has 2 rings (SSSR count). The van der Waals surface area contributed by atoms with Gasteiger partial charge >= 0.3 is 6.03 Å². The van der Waals surface area contributed by atoms with Crippen LogP contribution in [0.25, 0.3) is 0 Å². The van der Waals surface area contributed by atoms with Crippen LogP contribution in [0.3, 0.4) is 0 Å². The molecule has 1 N–H and O–H groups in total. The highest BCUT2D eigenvalue weighted by Crippen LogP contribution is 2.18. The van der Waals surface area contributed by atoms with Crippen LogP contribution in [0.4, 0.5) is 4.79 Å². The molecular weight excluding hydrogens is 300 g/mol. The fourth-order valence-electron chi connectivity index (χ4n) is 2.52. The van der Waals surface area contributed by atoms with Crippen molar-refractivity contribution in [3.8, 4) is 5.75 Å². The molecule has 0 fully saturated rings. The predicted octanol–water partition coefficient (Wildman–Crippen LogP) is 3.91. The summed E-state index contributed by atoms with van der Waals surface area (Å²) in [6.45, 7) is 8.28. The van der Waals surface area contributed by atoms with Crippen molar-refractivity contribution in [2.75, 3.05) is 19.7 Å². The molecule has 0 heterocycles. The molecule has 0 saturated carbocycles. The van der Waals surface area contributed by atoms with Gasteiger partial charge in [-0.15, -0.1) is 0 Å². The number of nitrogens with zero attached hydrogens (tertiary/aromatic N) is 1. The van der Waals surface area contributed by atoms with Crippen LogP contribution in [0.2, 0.25) is 0 Å². The van der Waals surface area contributed by atoms with Gasteiger partial charge in [0.15, 0.2) is 0 Å². The van der Waals surface area contributed by atoms with Gasteiger partial charge in [0.05, 0.1) is 6.54 Å². The fraction of sp³-hybridized carbons (Fsp3) is 0.350. The maximum Gasteiger partial charge on any atom is 0.317 e. The van der Waals surface area contributed by atoms with Crippen LogP contribution in [0.15, 0.2) is 48.5 Å². The molecule has 2 aromatic carbocycles. The first-order valence-electron chi connectivity index (χ1n) is 8.37. The number of carbonyl (C=O) groups is 1. The number of hydrogen-bond acceptors (Lipinski definition) is 2. The van der Waals surface area contributed by atoms with Crippen LogP contribution in [-0.2, 0) is 6.54 Å². The number of hydrogen-bond donors (Lipinski definition) is 1. The van der Waals surface area contributed by atoms with Crippen molar-refractivity contribution in [2.45, 2.75) is 27.3 Å². The maximum absolute atomic E-state index is 12.3. The van der Waals surface area contributed by atoms with Gasteiger partial charge in [0.25, 0.3) is 0 Å². The van der Waals surface area contributed by atoms with Crippen molar-refractivity contribution in [3.05, 3.63) is 65.2 Å². The van der Waals surface area contributed by atoms with Gasteiger partial charge in [0, 0.05) is 13.1 Å². The van der Waals surface area contributed by atoms with E-state index in [2.05, 4.69) is 18.3 Å². The maximum atomic E-state index is 12.3. The van der Waals surface area contributed by atoms with Gasteiger partial charge in [-0.3, -0.25) is 0 Å². The molecule has 0 aliphatic rings. The van der Waals surface area contributed by atoms with Crippen LogP contribution < -0.4 is 10.1 Å². The summed E-state index contributed by atoms with van der Waals surface area (Å²) in [7, 11) is 0. The summed E-state index contributed by atoms with van der Waals surface area (Å²) in [4.78, 5) is 14.0. The fourth-order valence-corrected chi connectivity index (χ4v) is 2.52. The van der Waals surface area contributed by atoms with Gasteiger partial charge in [-0.05, 0) is 38.0 Å². The quantitative estimate of drug-likeness (QED) is 0.784. The minimum Gasteiger partial charge on any atom is -0.491 e. The molecule has 2 amide bonds. The van der Waals surface area contributed by atoms with E-state index >= 15 is 0 Å². The first kappa shape index (κ1) is 17.9. The van der Waals surface area contributed by atoms with Crippen LogP contribution in [0.1, 0.15) is 23.6 Å². The molecule has 0 spiro atoms. The third-order valence-corrected chi connectivity index (χ3v) is 3.85. The number of amides is 2. The second-order valence-electron chi connectivity index (χ2n) is 5.85. The van der Waals surface area contributed by atoms with E-state index in [1.54, 1.807) is 4.90 Å². The Morgan fingerprint density at radius 3 is 2.54 bits per heavy atom. The average Bonchev–Trinajstić information content (AvgIpc) is 2.58. The lowest BCUT2D eigenvalue weighted by Crippen LogP contribution is -2.41. The third-order valence-electron chi connectivity index (χ3n) is 3.85. The summed E-state index contributed by atoms with van der Waals surface area (Å²) in [5.41, 5.74) is 3.45. The van der Waals surface area contributed by atoms with Gasteiger partial charge in [-0.2, -0.15) is 0 Å². The molecule has 4 nitrogen and oxygen atoms in total. The molecule has 0 saturated heterocycles. The van der Waals surface area contributed by atoms with E-state index in [9.17, 15) is 4.79 Å². The van der Waals surface area contributed by atoms with Crippen LogP contribution in [-0.4, -0.2) is 30.6 Å². The van der Waals surface area contributed by atoms with Gasteiger partial charge < -0.3 is 15.0 Å². The molecule has 0 radical (unpaired) electrons. The average molecular weight is 326 g/mol. The topological polar surface area (TPSA) is 41.6 Å². The largest absolute Gasteiger partial charge is 0.491 e. The van der Waals surface area contributed by atoms with Crippen LogP contribution in [0, 0.1) is 13.8 Å². The number of rotatable bonds is 7. The van der Waals surface area contributed by atoms with E-state index in [4.69, 9.17) is 4.74 Å². The summed E-state index contributed by atoms with van der Waals surface area (Å²) in [5.74, 6) is 0.867. The summed E-state index contributed by atoms with van der Waals surface area (Å²) >= 11 is 0. The molecule has 4 heteroatoms. The monoisotopic (exact) mass is 326 g/mol. The summed E-state index contributed by atoms with van der Waals surface area (Å²) in [6.07, 6.45) is 0. The molecule has 0 atom stereocenters. The minimum absolute atomic E-state index is 0.0643. The smallest absolute Gasteiger partial charge is 0.317 e. The van der Waals surface area contributed by atoms with E-state index in [-0.39, 0.29) is 6.03 Å². The van der Waals surface area contributed by atoms with Crippen molar-refractivity contribution >= 4 is 6.03 Å². The molecular formula is C20H26N2O2. The molecule has 128 valence electrons. The molecule has 0 aromatic heterocycles. The first-order valence-corrected chi connectivity index (χ1v) is 8.37. The predicted molar refractivity (Wildman–Crippen MR) is 97.3 cm³/mol. The van der Waals surface area contributed by atoms with E-state index in [0.717, 1.165) is 16.9 Å². The first-order chi connectivity index (χ1) is 11.6. The van der Waals surface area contributed by atoms with Crippen molar-refractivity contribution in [1.29, 1.82) is 0 Å². The van der Waals surface area contributed by atoms with Crippen molar-refractivity contribution in [1.82, 2.24) is 10.2 Å². The molecule has 24 heavy (non-hydrogen) atoms. The number of nitrogens with one attached hydrogen (secondary N) is 1. The van der Waals surface area contributed by atoms with Gasteiger partial charge in [0.1, 0.15) is 12.4 Å². The Morgan fingerprint density at radius 1 is 1.12 bits per heavy atom. The van der Waals surface area contributed by atoms with Crippen molar-refractivity contribution in [2.24, 2.45) is 0 Å². The second kappa shape index (κ2) is 8.96. The van der Waals surface area contributed by atoms with Crippen LogP contribution in [0.5, 0.6) is 5.75 Å². The second-order valence-corrected chi connectivity index (χ2v) is 5.85. The Hall–Kier alpha value is -2.49. The Kier molecular flexibility index (Phi) is 6.67. The van der Waals surface area contributed by atoms with Gasteiger partial charge in [-0.1, -0.05) is 48.0 Å². The van der Waals surface area contributed by atoms with Crippen LogP contribution >= 0.6 is 0 Å². The molecule has 0 unspecified atom stereocenters. The lowest BCUT2D eigenvalue weighted by atomic mass is 10.1. The summed E-state index contributed by atoms with van der Waals surface area (Å²) in [6, 6.07) is 16.0. The zero-order chi connectivity index (χ0) is 17.4. The number of benzene rings is 2. The van der Waals surface area contributed by atoms with E-state index in [1.807, 2.05) is 56.3 Å². The standard InChI is InChI=1S/C20H26N2O2/c1-4-22(15-18-8-6-5-7-9-18)20(23)21-12-13-24-19-11-10-16(2)14-17(19)3/h5-11,14H,4,12-13,15H2,1-3H3,(H,21,23). The number of carbonyl (C=O) groups excluding carboxylic acids is 1. The Labute approximate surface area is 144 Å². The lowest BCUT2D eigenvalue weighted by Gasteiger charge is -2.21. The Bertz CT molecular complexity index is 656. The third kappa shape index (κ3) is 5.30. The number of ether oxygens (including phenoxy) is 1. The molecule has 0 aliphatic carbocycles. The Balaban J connectivity index is 1.77. The van der Waals surface area contributed by atoms with E-state index in [0.29, 0.717) is 26.2 Å². The highest BCUT2D eigenvalue weighted by molar-refractivity contribution is 5.74. The highest BCUT2D eigenvalue weighted by atomic mass is 16.5.